The lowest BCUT2D eigenvalue weighted by Gasteiger charge is -2.15. The maximum Gasteiger partial charge on any atom is 0.157 e. The van der Waals surface area contributed by atoms with Crippen molar-refractivity contribution in [1.82, 2.24) is 10.3 Å². The zero-order valence-corrected chi connectivity index (χ0v) is 11.9. The van der Waals surface area contributed by atoms with E-state index in [1.807, 2.05) is 19.1 Å². The molecule has 0 amide bonds. The molecule has 0 spiro atoms. The number of hydrogen-bond donors (Lipinski definition) is 1. The van der Waals surface area contributed by atoms with Crippen molar-refractivity contribution in [3.05, 3.63) is 30.1 Å². The Labute approximate surface area is 114 Å². The number of sulfone groups is 1. The van der Waals surface area contributed by atoms with Crippen molar-refractivity contribution < 1.29 is 13.2 Å². The van der Waals surface area contributed by atoms with Gasteiger partial charge in [0.05, 0.1) is 17.1 Å². The Balaban J connectivity index is 1.76. The third kappa shape index (κ3) is 3.99. The Hall–Kier alpha value is -0.980. The molecular formula is C13H20N2O3S. The first kappa shape index (κ1) is 14.4. The minimum absolute atomic E-state index is 0.158. The molecule has 2 rings (SSSR count). The van der Waals surface area contributed by atoms with Crippen LogP contribution in [0.2, 0.25) is 0 Å². The van der Waals surface area contributed by atoms with Crippen molar-refractivity contribution in [2.24, 2.45) is 0 Å². The fraction of sp³-hybridized carbons (Fsp3) is 0.615. The maximum absolute atomic E-state index is 12.1. The van der Waals surface area contributed by atoms with Crippen molar-refractivity contribution >= 4 is 9.84 Å². The number of rotatable bonds is 6. The molecule has 1 aromatic heterocycles. The van der Waals surface area contributed by atoms with Gasteiger partial charge in [0.25, 0.3) is 0 Å². The first-order valence-electron chi connectivity index (χ1n) is 6.52. The lowest BCUT2D eigenvalue weighted by molar-refractivity contribution is 0.126. The minimum Gasteiger partial charge on any atom is -0.377 e. The molecule has 1 N–H and O–H groups in total. The molecule has 5 nitrogen and oxygen atoms in total. The van der Waals surface area contributed by atoms with Crippen molar-refractivity contribution in [3.63, 3.8) is 0 Å². The second-order valence-corrected chi connectivity index (χ2v) is 7.15. The highest BCUT2D eigenvalue weighted by atomic mass is 32.2. The summed E-state index contributed by atoms with van der Waals surface area (Å²) >= 11 is 0. The SMILES string of the molecule is CC1OCCC1S(=O)(=O)CCNCc1cccnc1. The van der Waals surface area contributed by atoms with E-state index in [1.165, 1.54) is 0 Å². The van der Waals surface area contributed by atoms with Crippen LogP contribution in [0.3, 0.4) is 0 Å². The van der Waals surface area contributed by atoms with Gasteiger partial charge in [0, 0.05) is 32.1 Å². The molecule has 1 aromatic rings. The van der Waals surface area contributed by atoms with E-state index in [0.29, 0.717) is 26.1 Å². The lowest BCUT2D eigenvalue weighted by Crippen LogP contribution is -2.33. The molecule has 0 saturated carbocycles. The third-order valence-electron chi connectivity index (χ3n) is 3.38. The highest BCUT2D eigenvalue weighted by molar-refractivity contribution is 7.92. The summed E-state index contributed by atoms with van der Waals surface area (Å²) in [5, 5.41) is 2.80. The summed E-state index contributed by atoms with van der Waals surface area (Å²) in [5.41, 5.74) is 1.05. The van der Waals surface area contributed by atoms with Crippen LogP contribution in [0.15, 0.2) is 24.5 Å². The van der Waals surface area contributed by atoms with E-state index in [1.54, 1.807) is 12.4 Å². The summed E-state index contributed by atoms with van der Waals surface area (Å²) < 4.78 is 29.6. The van der Waals surface area contributed by atoms with Gasteiger partial charge in [0.2, 0.25) is 0 Å². The van der Waals surface area contributed by atoms with E-state index in [4.69, 9.17) is 4.74 Å². The molecular weight excluding hydrogens is 264 g/mol. The molecule has 6 heteroatoms. The monoisotopic (exact) mass is 284 g/mol. The fourth-order valence-electron chi connectivity index (χ4n) is 2.28. The Morgan fingerprint density at radius 1 is 1.53 bits per heavy atom. The lowest BCUT2D eigenvalue weighted by atomic mass is 10.3. The Kier molecular flexibility index (Phi) is 4.90. The highest BCUT2D eigenvalue weighted by Gasteiger charge is 2.35. The van der Waals surface area contributed by atoms with Gasteiger partial charge in [-0.2, -0.15) is 0 Å². The van der Waals surface area contributed by atoms with E-state index in [-0.39, 0.29) is 17.1 Å². The van der Waals surface area contributed by atoms with Crippen LogP contribution in [-0.2, 0) is 21.1 Å². The van der Waals surface area contributed by atoms with Crippen LogP contribution < -0.4 is 5.32 Å². The second kappa shape index (κ2) is 6.45. The Bertz CT molecular complexity index is 490. The van der Waals surface area contributed by atoms with Gasteiger partial charge in [0.15, 0.2) is 9.84 Å². The summed E-state index contributed by atoms with van der Waals surface area (Å²) in [7, 11) is -3.07. The number of nitrogens with one attached hydrogen (secondary N) is 1. The van der Waals surface area contributed by atoms with Crippen LogP contribution in [-0.4, -0.2) is 43.7 Å². The summed E-state index contributed by atoms with van der Waals surface area (Å²) in [6, 6.07) is 3.83. The van der Waals surface area contributed by atoms with Crippen LogP contribution in [0.5, 0.6) is 0 Å². The average Bonchev–Trinajstić information content (AvgIpc) is 2.83. The van der Waals surface area contributed by atoms with Gasteiger partial charge in [0.1, 0.15) is 0 Å². The number of pyridine rings is 1. The number of nitrogens with zero attached hydrogens (tertiary/aromatic N) is 1. The number of hydrogen-bond acceptors (Lipinski definition) is 5. The van der Waals surface area contributed by atoms with E-state index in [2.05, 4.69) is 10.3 Å². The standard InChI is InChI=1S/C13H20N2O3S/c1-11-13(4-7-18-11)19(16,17)8-6-15-10-12-3-2-5-14-9-12/h2-3,5,9,11,13,15H,4,6-8,10H2,1H3. The van der Waals surface area contributed by atoms with Crippen LogP contribution in [0.1, 0.15) is 18.9 Å². The molecule has 0 aliphatic carbocycles. The topological polar surface area (TPSA) is 68.3 Å². The minimum atomic E-state index is -3.07. The van der Waals surface area contributed by atoms with Gasteiger partial charge in [-0.1, -0.05) is 6.07 Å². The summed E-state index contributed by atoms with van der Waals surface area (Å²) in [6.45, 7) is 3.48. The van der Waals surface area contributed by atoms with Gasteiger partial charge < -0.3 is 10.1 Å². The second-order valence-electron chi connectivity index (χ2n) is 4.81. The van der Waals surface area contributed by atoms with Gasteiger partial charge in [-0.3, -0.25) is 4.98 Å². The molecule has 1 saturated heterocycles. The van der Waals surface area contributed by atoms with Crippen molar-refractivity contribution in [2.75, 3.05) is 18.9 Å². The Morgan fingerprint density at radius 2 is 2.37 bits per heavy atom. The summed E-state index contributed by atoms with van der Waals surface area (Å²) in [6.07, 6.45) is 3.93. The molecule has 1 fully saturated rings. The largest absolute Gasteiger partial charge is 0.377 e. The molecule has 0 aromatic carbocycles. The van der Waals surface area contributed by atoms with Crippen molar-refractivity contribution in [1.29, 1.82) is 0 Å². The zero-order chi connectivity index (χ0) is 13.7. The Morgan fingerprint density at radius 3 is 3.00 bits per heavy atom. The summed E-state index contributed by atoms with van der Waals surface area (Å²) in [5.74, 6) is 0.158. The van der Waals surface area contributed by atoms with Gasteiger partial charge >= 0.3 is 0 Å². The predicted molar refractivity (Wildman–Crippen MR) is 73.5 cm³/mol. The fourth-order valence-corrected chi connectivity index (χ4v) is 4.13. The molecule has 2 unspecified atom stereocenters. The van der Waals surface area contributed by atoms with Gasteiger partial charge in [-0.05, 0) is 25.0 Å². The summed E-state index contributed by atoms with van der Waals surface area (Å²) in [4.78, 5) is 4.01. The number of ether oxygens (including phenoxy) is 1. The first-order valence-corrected chi connectivity index (χ1v) is 8.24. The molecule has 106 valence electrons. The van der Waals surface area contributed by atoms with E-state index < -0.39 is 9.84 Å². The normalized spacial score (nSPS) is 23.6. The third-order valence-corrected chi connectivity index (χ3v) is 5.70. The molecule has 2 heterocycles. The number of aromatic nitrogens is 1. The van der Waals surface area contributed by atoms with Gasteiger partial charge in [-0.25, -0.2) is 8.42 Å². The van der Waals surface area contributed by atoms with Crippen LogP contribution in [0.25, 0.3) is 0 Å². The highest BCUT2D eigenvalue weighted by Crippen LogP contribution is 2.21. The van der Waals surface area contributed by atoms with Gasteiger partial charge in [-0.15, -0.1) is 0 Å². The maximum atomic E-state index is 12.1. The quantitative estimate of drug-likeness (QED) is 0.781. The van der Waals surface area contributed by atoms with Crippen LogP contribution in [0, 0.1) is 0 Å². The van der Waals surface area contributed by atoms with E-state index >= 15 is 0 Å². The van der Waals surface area contributed by atoms with Crippen LogP contribution >= 0.6 is 0 Å². The molecule has 1 aliphatic rings. The van der Waals surface area contributed by atoms with Crippen molar-refractivity contribution in [2.45, 2.75) is 31.2 Å². The predicted octanol–water partition coefficient (Wildman–Crippen LogP) is 0.763. The molecule has 1 aliphatic heterocycles. The molecule has 0 radical (unpaired) electrons. The smallest absolute Gasteiger partial charge is 0.157 e. The zero-order valence-electron chi connectivity index (χ0n) is 11.1. The molecule has 0 bridgehead atoms. The average molecular weight is 284 g/mol. The van der Waals surface area contributed by atoms with E-state index in [9.17, 15) is 8.42 Å². The van der Waals surface area contributed by atoms with Crippen molar-refractivity contribution in [3.8, 4) is 0 Å². The van der Waals surface area contributed by atoms with Crippen LogP contribution in [0.4, 0.5) is 0 Å². The first-order chi connectivity index (χ1) is 9.09. The van der Waals surface area contributed by atoms with E-state index in [0.717, 1.165) is 5.56 Å². The molecule has 19 heavy (non-hydrogen) atoms. The molecule has 2 atom stereocenters.